The van der Waals surface area contributed by atoms with Crippen molar-refractivity contribution in [1.82, 2.24) is 4.90 Å². The molecular weight excluding hydrogens is 227 g/mol. The first kappa shape index (κ1) is 15.1. The second-order valence-electron chi connectivity index (χ2n) is 5.52. The van der Waals surface area contributed by atoms with Crippen molar-refractivity contribution in [1.29, 1.82) is 0 Å². The van der Waals surface area contributed by atoms with Gasteiger partial charge in [-0.15, -0.1) is 0 Å². The molecule has 0 aliphatic carbocycles. The minimum absolute atomic E-state index is 0.125. The zero-order valence-electron chi connectivity index (χ0n) is 11.9. The number of halogens is 1. The first-order valence-corrected chi connectivity index (χ1v) is 6.59. The lowest BCUT2D eigenvalue weighted by molar-refractivity contribution is 0.296. The largest absolute Gasteiger partial charge is 0.327 e. The summed E-state index contributed by atoms with van der Waals surface area (Å²) in [5, 5.41) is 0. The summed E-state index contributed by atoms with van der Waals surface area (Å²) < 4.78 is 13.4. The topological polar surface area (TPSA) is 29.3 Å². The fourth-order valence-corrected chi connectivity index (χ4v) is 1.83. The van der Waals surface area contributed by atoms with E-state index in [2.05, 4.69) is 18.7 Å². The van der Waals surface area contributed by atoms with Crippen LogP contribution in [0.15, 0.2) is 18.2 Å². The first-order chi connectivity index (χ1) is 8.40. The third kappa shape index (κ3) is 4.75. The molecule has 3 heteroatoms. The molecule has 0 aliphatic rings. The molecule has 18 heavy (non-hydrogen) atoms. The van der Waals surface area contributed by atoms with E-state index in [9.17, 15) is 4.39 Å². The zero-order chi connectivity index (χ0) is 13.7. The first-order valence-electron chi connectivity index (χ1n) is 6.59. The minimum Gasteiger partial charge on any atom is -0.327 e. The quantitative estimate of drug-likeness (QED) is 0.843. The van der Waals surface area contributed by atoms with E-state index in [1.165, 1.54) is 0 Å². The van der Waals surface area contributed by atoms with E-state index in [0.29, 0.717) is 11.5 Å². The van der Waals surface area contributed by atoms with Gasteiger partial charge in [0, 0.05) is 12.6 Å². The molecule has 0 saturated heterocycles. The number of hydrogen-bond acceptors (Lipinski definition) is 2. The van der Waals surface area contributed by atoms with Gasteiger partial charge in [-0.2, -0.15) is 0 Å². The van der Waals surface area contributed by atoms with Gasteiger partial charge in [0.25, 0.3) is 0 Å². The number of benzene rings is 1. The van der Waals surface area contributed by atoms with Gasteiger partial charge in [-0.05, 0) is 50.0 Å². The van der Waals surface area contributed by atoms with E-state index in [0.717, 1.165) is 25.1 Å². The van der Waals surface area contributed by atoms with Gasteiger partial charge in [-0.1, -0.05) is 26.0 Å². The molecule has 0 amide bonds. The van der Waals surface area contributed by atoms with Gasteiger partial charge in [0.05, 0.1) is 0 Å². The third-order valence-electron chi connectivity index (χ3n) is 3.39. The van der Waals surface area contributed by atoms with E-state index in [-0.39, 0.29) is 11.9 Å². The van der Waals surface area contributed by atoms with E-state index < -0.39 is 0 Å². The average Bonchev–Trinajstić information content (AvgIpc) is 2.30. The summed E-state index contributed by atoms with van der Waals surface area (Å²) in [6.45, 7) is 7.77. The van der Waals surface area contributed by atoms with Crippen molar-refractivity contribution in [2.45, 2.75) is 39.8 Å². The summed E-state index contributed by atoms with van der Waals surface area (Å²) in [5.74, 6) is 0.384. The molecule has 1 unspecified atom stereocenters. The number of rotatable bonds is 6. The van der Waals surface area contributed by atoms with Crippen LogP contribution in [0, 0.1) is 18.7 Å². The molecule has 1 atom stereocenters. The van der Waals surface area contributed by atoms with Gasteiger partial charge >= 0.3 is 0 Å². The Kier molecular flexibility index (Phi) is 5.76. The number of aryl methyl sites for hydroxylation is 1. The van der Waals surface area contributed by atoms with Crippen LogP contribution in [-0.4, -0.2) is 24.5 Å². The summed E-state index contributed by atoms with van der Waals surface area (Å²) in [5.41, 5.74) is 7.73. The van der Waals surface area contributed by atoms with Gasteiger partial charge < -0.3 is 10.6 Å². The molecular formula is C15H25FN2. The lowest BCUT2D eigenvalue weighted by Gasteiger charge is -2.21. The van der Waals surface area contributed by atoms with Gasteiger partial charge in [-0.3, -0.25) is 0 Å². The minimum atomic E-state index is -0.125. The fraction of sp³-hybridized carbons (Fsp3) is 0.600. The summed E-state index contributed by atoms with van der Waals surface area (Å²) >= 11 is 0. The molecule has 0 fully saturated rings. The molecule has 102 valence electrons. The standard InChI is InChI=1S/C15H25FN2/c1-11(2)15(17)7-8-18(4)10-13-6-5-12(3)14(16)9-13/h5-6,9,11,15H,7-8,10,17H2,1-4H3. The predicted molar refractivity (Wildman–Crippen MR) is 74.9 cm³/mol. The molecule has 1 rings (SSSR count). The van der Waals surface area contributed by atoms with Gasteiger partial charge in [0.1, 0.15) is 5.82 Å². The smallest absolute Gasteiger partial charge is 0.126 e. The summed E-state index contributed by atoms with van der Waals surface area (Å²) in [6, 6.07) is 5.67. The summed E-state index contributed by atoms with van der Waals surface area (Å²) in [6.07, 6.45) is 0.975. The van der Waals surface area contributed by atoms with Crippen LogP contribution in [0.1, 0.15) is 31.4 Å². The lowest BCUT2D eigenvalue weighted by atomic mass is 10.0. The molecule has 0 radical (unpaired) electrons. The van der Waals surface area contributed by atoms with Crippen LogP contribution in [0.25, 0.3) is 0 Å². The van der Waals surface area contributed by atoms with Crippen LogP contribution in [0.2, 0.25) is 0 Å². The third-order valence-corrected chi connectivity index (χ3v) is 3.39. The Morgan fingerprint density at radius 2 is 2.00 bits per heavy atom. The molecule has 0 aromatic heterocycles. The van der Waals surface area contributed by atoms with E-state index in [4.69, 9.17) is 5.73 Å². The van der Waals surface area contributed by atoms with Crippen molar-refractivity contribution in [2.24, 2.45) is 11.7 Å². The van der Waals surface area contributed by atoms with Crippen molar-refractivity contribution in [3.63, 3.8) is 0 Å². The van der Waals surface area contributed by atoms with Gasteiger partial charge in [0.2, 0.25) is 0 Å². The van der Waals surface area contributed by atoms with Gasteiger partial charge in [-0.25, -0.2) is 4.39 Å². The Morgan fingerprint density at radius 3 is 2.56 bits per heavy atom. The van der Waals surface area contributed by atoms with Crippen LogP contribution in [0.4, 0.5) is 4.39 Å². The van der Waals surface area contributed by atoms with Crippen LogP contribution < -0.4 is 5.73 Å². The molecule has 0 spiro atoms. The Morgan fingerprint density at radius 1 is 1.33 bits per heavy atom. The summed E-state index contributed by atoms with van der Waals surface area (Å²) in [4.78, 5) is 2.19. The van der Waals surface area contributed by atoms with Crippen molar-refractivity contribution in [3.8, 4) is 0 Å². The molecule has 0 bridgehead atoms. The maximum absolute atomic E-state index is 13.4. The van der Waals surface area contributed by atoms with Crippen LogP contribution >= 0.6 is 0 Å². The highest BCUT2D eigenvalue weighted by atomic mass is 19.1. The van der Waals surface area contributed by atoms with Crippen molar-refractivity contribution < 1.29 is 4.39 Å². The van der Waals surface area contributed by atoms with Crippen molar-refractivity contribution >= 4 is 0 Å². The van der Waals surface area contributed by atoms with Crippen molar-refractivity contribution in [2.75, 3.05) is 13.6 Å². The maximum atomic E-state index is 13.4. The van der Waals surface area contributed by atoms with Crippen LogP contribution in [-0.2, 0) is 6.54 Å². The maximum Gasteiger partial charge on any atom is 0.126 e. The predicted octanol–water partition coefficient (Wildman–Crippen LogP) is 2.94. The second kappa shape index (κ2) is 6.86. The van der Waals surface area contributed by atoms with Crippen LogP contribution in [0.5, 0.6) is 0 Å². The van der Waals surface area contributed by atoms with E-state index in [1.807, 2.05) is 19.2 Å². The molecule has 2 N–H and O–H groups in total. The monoisotopic (exact) mass is 252 g/mol. The van der Waals surface area contributed by atoms with E-state index in [1.54, 1.807) is 13.0 Å². The number of hydrogen-bond donors (Lipinski definition) is 1. The number of nitrogens with zero attached hydrogens (tertiary/aromatic N) is 1. The van der Waals surface area contributed by atoms with Crippen molar-refractivity contribution in [3.05, 3.63) is 35.1 Å². The Bertz CT molecular complexity index is 377. The number of nitrogens with two attached hydrogens (primary N) is 1. The molecule has 2 nitrogen and oxygen atoms in total. The van der Waals surface area contributed by atoms with Crippen LogP contribution in [0.3, 0.4) is 0 Å². The van der Waals surface area contributed by atoms with Gasteiger partial charge in [0.15, 0.2) is 0 Å². The molecule has 0 heterocycles. The normalized spacial score (nSPS) is 13.3. The molecule has 1 aromatic carbocycles. The Hall–Kier alpha value is -0.930. The average molecular weight is 252 g/mol. The zero-order valence-corrected chi connectivity index (χ0v) is 11.9. The SMILES string of the molecule is Cc1ccc(CN(C)CCC(N)C(C)C)cc1F. The fourth-order valence-electron chi connectivity index (χ4n) is 1.83. The lowest BCUT2D eigenvalue weighted by Crippen LogP contribution is -2.31. The molecule has 1 aromatic rings. The van der Waals surface area contributed by atoms with E-state index >= 15 is 0 Å². The Balaban J connectivity index is 2.44. The Labute approximate surface area is 110 Å². The highest BCUT2D eigenvalue weighted by Crippen LogP contribution is 2.11. The highest BCUT2D eigenvalue weighted by Gasteiger charge is 2.09. The second-order valence-corrected chi connectivity index (χ2v) is 5.52. The highest BCUT2D eigenvalue weighted by molar-refractivity contribution is 5.23. The molecule has 0 saturated carbocycles. The summed E-state index contributed by atoms with van der Waals surface area (Å²) in [7, 11) is 2.05. The molecule has 0 aliphatic heterocycles.